The van der Waals surface area contributed by atoms with Crippen LogP contribution < -0.4 is 0 Å². The number of hydrogen-bond donors (Lipinski definition) is 1. The van der Waals surface area contributed by atoms with E-state index in [1.54, 1.807) is 11.0 Å². The molecule has 0 unspecified atom stereocenters. The lowest BCUT2D eigenvalue weighted by Gasteiger charge is -2.22. The van der Waals surface area contributed by atoms with E-state index < -0.39 is 0 Å². The average molecular weight is 346 g/mol. The normalized spacial score (nSPS) is 10.8. The van der Waals surface area contributed by atoms with Gasteiger partial charge in [-0.25, -0.2) is 0 Å². The van der Waals surface area contributed by atoms with Gasteiger partial charge in [-0.1, -0.05) is 32.6 Å². The molecule has 0 fully saturated rings. The van der Waals surface area contributed by atoms with Crippen molar-refractivity contribution in [3.63, 3.8) is 0 Å². The summed E-state index contributed by atoms with van der Waals surface area (Å²) in [5.74, 6) is -0.0328. The molecule has 0 saturated heterocycles. The van der Waals surface area contributed by atoms with Gasteiger partial charge in [0.1, 0.15) is 0 Å². The van der Waals surface area contributed by atoms with E-state index in [1.807, 2.05) is 0 Å². The second kappa shape index (κ2) is 10.00. The van der Waals surface area contributed by atoms with Crippen molar-refractivity contribution in [2.45, 2.75) is 45.4 Å². The SMILES string of the molecule is CCCCCCCN(CCCO)C(=O)c1ccoc1Br. The molecule has 0 aliphatic heterocycles. The predicted octanol–water partition coefficient (Wildman–Crippen LogP) is 3.84. The topological polar surface area (TPSA) is 53.7 Å². The first kappa shape index (κ1) is 17.2. The van der Waals surface area contributed by atoms with E-state index in [0.717, 1.165) is 19.4 Å². The molecule has 4 nitrogen and oxygen atoms in total. The van der Waals surface area contributed by atoms with Crippen LogP contribution >= 0.6 is 15.9 Å². The number of halogens is 1. The first-order chi connectivity index (χ1) is 9.70. The molecule has 1 rings (SSSR count). The smallest absolute Gasteiger partial charge is 0.258 e. The number of carbonyl (C=O) groups is 1. The van der Waals surface area contributed by atoms with Gasteiger partial charge in [-0.05, 0) is 34.8 Å². The lowest BCUT2D eigenvalue weighted by molar-refractivity contribution is 0.0739. The summed E-state index contributed by atoms with van der Waals surface area (Å²) in [6.45, 7) is 3.61. The van der Waals surface area contributed by atoms with Gasteiger partial charge in [0, 0.05) is 19.7 Å². The van der Waals surface area contributed by atoms with Crippen LogP contribution in [0.25, 0.3) is 0 Å². The molecule has 1 amide bonds. The predicted molar refractivity (Wildman–Crippen MR) is 82.8 cm³/mol. The van der Waals surface area contributed by atoms with Gasteiger partial charge in [0.25, 0.3) is 5.91 Å². The van der Waals surface area contributed by atoms with Crippen LogP contribution in [0.3, 0.4) is 0 Å². The summed E-state index contributed by atoms with van der Waals surface area (Å²) >= 11 is 3.24. The minimum atomic E-state index is -0.0328. The summed E-state index contributed by atoms with van der Waals surface area (Å²) in [4.78, 5) is 14.2. The first-order valence-electron chi connectivity index (χ1n) is 7.33. The van der Waals surface area contributed by atoms with E-state index in [4.69, 9.17) is 9.52 Å². The largest absolute Gasteiger partial charge is 0.457 e. The Morgan fingerprint density at radius 3 is 2.55 bits per heavy atom. The Kier molecular flexibility index (Phi) is 8.62. The Hall–Kier alpha value is -0.810. The summed E-state index contributed by atoms with van der Waals surface area (Å²) in [5.41, 5.74) is 0.552. The van der Waals surface area contributed by atoms with E-state index >= 15 is 0 Å². The van der Waals surface area contributed by atoms with Crippen LogP contribution in [0.5, 0.6) is 0 Å². The zero-order valence-electron chi connectivity index (χ0n) is 12.1. The van der Waals surface area contributed by atoms with E-state index in [-0.39, 0.29) is 12.5 Å². The summed E-state index contributed by atoms with van der Waals surface area (Å²) in [7, 11) is 0. The number of carbonyl (C=O) groups excluding carboxylic acids is 1. The van der Waals surface area contributed by atoms with E-state index in [1.165, 1.54) is 25.5 Å². The number of hydrogen-bond acceptors (Lipinski definition) is 3. The maximum Gasteiger partial charge on any atom is 0.258 e. The van der Waals surface area contributed by atoms with Crippen LogP contribution in [-0.2, 0) is 0 Å². The summed E-state index contributed by atoms with van der Waals surface area (Å²) < 4.78 is 5.59. The fourth-order valence-electron chi connectivity index (χ4n) is 2.10. The van der Waals surface area contributed by atoms with Crippen LogP contribution in [0.1, 0.15) is 55.8 Å². The van der Waals surface area contributed by atoms with Gasteiger partial charge < -0.3 is 14.4 Å². The van der Waals surface area contributed by atoms with Crippen LogP contribution in [-0.4, -0.2) is 35.6 Å². The van der Waals surface area contributed by atoms with Gasteiger partial charge >= 0.3 is 0 Å². The molecule has 0 bridgehead atoms. The highest BCUT2D eigenvalue weighted by atomic mass is 79.9. The van der Waals surface area contributed by atoms with E-state index in [9.17, 15) is 4.79 Å². The van der Waals surface area contributed by atoms with Crippen molar-refractivity contribution in [1.29, 1.82) is 0 Å². The molecular formula is C15H24BrNO3. The third-order valence-electron chi connectivity index (χ3n) is 3.25. The van der Waals surface area contributed by atoms with Gasteiger partial charge in [-0.2, -0.15) is 0 Å². The molecule has 0 aromatic carbocycles. The van der Waals surface area contributed by atoms with Crippen LogP contribution in [0.2, 0.25) is 0 Å². The molecule has 1 aromatic heterocycles. The second-order valence-corrected chi connectivity index (χ2v) is 5.61. The number of furan rings is 1. The standard InChI is InChI=1S/C15H24BrNO3/c1-2-3-4-5-6-9-17(10-7-11-18)15(19)13-8-12-20-14(13)16/h8,12,18H,2-7,9-11H2,1H3. The minimum absolute atomic E-state index is 0.0328. The Labute approximate surface area is 129 Å². The van der Waals surface area contributed by atoms with Crippen molar-refractivity contribution in [2.24, 2.45) is 0 Å². The third kappa shape index (κ3) is 5.67. The monoisotopic (exact) mass is 345 g/mol. The lowest BCUT2D eigenvalue weighted by Crippen LogP contribution is -2.33. The number of unbranched alkanes of at least 4 members (excludes halogenated alkanes) is 4. The van der Waals surface area contributed by atoms with Gasteiger partial charge in [0.2, 0.25) is 0 Å². The van der Waals surface area contributed by atoms with Crippen LogP contribution in [0.15, 0.2) is 21.4 Å². The molecule has 1 aromatic rings. The summed E-state index contributed by atoms with van der Waals surface area (Å²) in [6, 6.07) is 1.68. The summed E-state index contributed by atoms with van der Waals surface area (Å²) in [5, 5.41) is 8.96. The first-order valence-corrected chi connectivity index (χ1v) is 8.13. The highest BCUT2D eigenvalue weighted by molar-refractivity contribution is 9.10. The number of rotatable bonds is 10. The highest BCUT2D eigenvalue weighted by Crippen LogP contribution is 2.20. The van der Waals surface area contributed by atoms with Crippen molar-refractivity contribution in [2.75, 3.05) is 19.7 Å². The van der Waals surface area contributed by atoms with Crippen molar-refractivity contribution < 1.29 is 14.3 Å². The number of nitrogens with zero attached hydrogens (tertiary/aromatic N) is 1. The zero-order chi connectivity index (χ0) is 14.8. The maximum atomic E-state index is 12.4. The fourth-order valence-corrected chi connectivity index (χ4v) is 2.51. The lowest BCUT2D eigenvalue weighted by atomic mass is 10.1. The van der Waals surface area contributed by atoms with Gasteiger partial charge in [0.15, 0.2) is 4.67 Å². The highest BCUT2D eigenvalue weighted by Gasteiger charge is 2.19. The van der Waals surface area contributed by atoms with Crippen molar-refractivity contribution in [1.82, 2.24) is 4.90 Å². The van der Waals surface area contributed by atoms with Crippen molar-refractivity contribution in [3.8, 4) is 0 Å². The fraction of sp³-hybridized carbons (Fsp3) is 0.667. The van der Waals surface area contributed by atoms with Gasteiger partial charge in [-0.3, -0.25) is 4.79 Å². The van der Waals surface area contributed by atoms with Crippen molar-refractivity contribution in [3.05, 3.63) is 22.6 Å². The number of aliphatic hydroxyl groups excluding tert-OH is 1. The number of aliphatic hydroxyl groups is 1. The van der Waals surface area contributed by atoms with Crippen LogP contribution in [0.4, 0.5) is 0 Å². The third-order valence-corrected chi connectivity index (χ3v) is 3.87. The van der Waals surface area contributed by atoms with E-state index in [0.29, 0.717) is 23.2 Å². The molecule has 0 spiro atoms. The molecule has 1 N–H and O–H groups in total. The zero-order valence-corrected chi connectivity index (χ0v) is 13.7. The van der Waals surface area contributed by atoms with E-state index in [2.05, 4.69) is 22.9 Å². The minimum Gasteiger partial charge on any atom is -0.457 e. The Balaban J connectivity index is 2.50. The molecule has 0 saturated carbocycles. The Morgan fingerprint density at radius 1 is 1.25 bits per heavy atom. The van der Waals surface area contributed by atoms with Gasteiger partial charge in [0.05, 0.1) is 11.8 Å². The molecule has 0 atom stereocenters. The average Bonchev–Trinajstić information content (AvgIpc) is 2.87. The molecule has 5 heteroatoms. The maximum absolute atomic E-state index is 12.4. The summed E-state index contributed by atoms with van der Waals surface area (Å²) in [6.07, 6.45) is 7.94. The quantitative estimate of drug-likeness (QED) is 0.655. The molecule has 1 heterocycles. The Morgan fingerprint density at radius 2 is 1.95 bits per heavy atom. The van der Waals surface area contributed by atoms with Crippen molar-refractivity contribution >= 4 is 21.8 Å². The molecule has 0 radical (unpaired) electrons. The molecule has 20 heavy (non-hydrogen) atoms. The molecule has 114 valence electrons. The Bertz CT molecular complexity index is 392. The second-order valence-electron chi connectivity index (χ2n) is 4.89. The molecule has 0 aliphatic rings. The molecule has 0 aliphatic carbocycles. The molecular weight excluding hydrogens is 322 g/mol. The number of amides is 1. The van der Waals surface area contributed by atoms with Crippen LogP contribution in [0, 0.1) is 0 Å². The van der Waals surface area contributed by atoms with Gasteiger partial charge in [-0.15, -0.1) is 0 Å².